The number of likely N-dealkylation sites (tertiary alicyclic amines) is 3. The minimum atomic E-state index is -1.83. The maximum absolute atomic E-state index is 14.4. The number of carbonyl (C=O) groups is 4. The first-order valence-corrected chi connectivity index (χ1v) is 16.5. The maximum Gasteiger partial charge on any atom is 0.253 e. The van der Waals surface area contributed by atoms with Gasteiger partial charge in [-0.1, -0.05) is 54.1 Å². The number of rotatable bonds is 4. The fourth-order valence-corrected chi connectivity index (χ4v) is 9.86. The topological polar surface area (TPSA) is 98.2 Å². The SMILES string of the molecule is Cc1cc(C2C3=CCC4C(=O)N(C5CCN(Cc6ccccc6)CC5)C(=O)C4C3CC3(Cl)C(=O)N(C)C(=O)C23Cl)cc(C)c1O. The number of phenols is 1. The van der Waals surface area contributed by atoms with Gasteiger partial charge in [-0.3, -0.25) is 33.9 Å². The maximum atomic E-state index is 14.4. The minimum absolute atomic E-state index is 0.0190. The lowest BCUT2D eigenvalue weighted by atomic mass is 9.56. The number of hydrogen-bond acceptors (Lipinski definition) is 6. The first-order chi connectivity index (χ1) is 21.4. The second kappa shape index (κ2) is 10.7. The highest BCUT2D eigenvalue weighted by molar-refractivity contribution is 6.53. The summed E-state index contributed by atoms with van der Waals surface area (Å²) in [5.41, 5.74) is 3.85. The molecule has 6 atom stereocenters. The molecule has 2 aromatic carbocycles. The van der Waals surface area contributed by atoms with E-state index < -0.39 is 45.2 Å². The Bertz CT molecular complexity index is 1630. The van der Waals surface area contributed by atoms with Gasteiger partial charge in [-0.15, -0.1) is 23.2 Å². The van der Waals surface area contributed by atoms with E-state index in [1.165, 1.54) is 17.5 Å². The van der Waals surface area contributed by atoms with E-state index in [-0.39, 0.29) is 30.0 Å². The van der Waals surface area contributed by atoms with Gasteiger partial charge < -0.3 is 5.11 Å². The zero-order valence-electron chi connectivity index (χ0n) is 25.6. The van der Waals surface area contributed by atoms with Crippen LogP contribution in [0.4, 0.5) is 0 Å². The molecule has 3 saturated heterocycles. The van der Waals surface area contributed by atoms with Crippen molar-refractivity contribution in [1.82, 2.24) is 14.7 Å². The fourth-order valence-electron chi connectivity index (χ4n) is 8.84. The van der Waals surface area contributed by atoms with Crippen molar-refractivity contribution in [2.24, 2.45) is 17.8 Å². The summed E-state index contributed by atoms with van der Waals surface area (Å²) in [5, 5.41) is 10.5. The Balaban J connectivity index is 1.22. The number of amides is 4. The number of phenolic OH excluding ortho intramolecular Hbond substituents is 1. The molecule has 0 radical (unpaired) electrons. The van der Waals surface area contributed by atoms with Gasteiger partial charge in [0.15, 0.2) is 9.75 Å². The van der Waals surface area contributed by atoms with Crippen LogP contribution < -0.4 is 0 Å². The number of aromatic hydroxyl groups is 1. The zero-order chi connectivity index (χ0) is 32.0. The van der Waals surface area contributed by atoms with Gasteiger partial charge in [-0.25, -0.2) is 0 Å². The molecule has 4 amide bonds. The van der Waals surface area contributed by atoms with E-state index in [1.54, 1.807) is 26.0 Å². The highest BCUT2D eigenvalue weighted by atomic mass is 35.5. The molecular formula is C35H37Cl2N3O5. The number of halogens is 2. The van der Waals surface area contributed by atoms with Crippen molar-refractivity contribution in [2.45, 2.75) is 67.8 Å². The molecule has 0 bridgehead atoms. The molecular weight excluding hydrogens is 613 g/mol. The number of alkyl halides is 2. The summed E-state index contributed by atoms with van der Waals surface area (Å²) in [4.78, 5) is 57.0. The van der Waals surface area contributed by atoms with E-state index in [0.29, 0.717) is 36.0 Å². The van der Waals surface area contributed by atoms with Gasteiger partial charge in [-0.2, -0.15) is 0 Å². The minimum Gasteiger partial charge on any atom is -0.507 e. The Kier molecular flexibility index (Phi) is 7.23. The second-order valence-corrected chi connectivity index (χ2v) is 14.8. The quantitative estimate of drug-likeness (QED) is 0.294. The molecule has 10 heteroatoms. The van der Waals surface area contributed by atoms with Crippen molar-refractivity contribution in [3.8, 4) is 5.75 Å². The standard InChI is InChI=1S/C35H37Cl2N3O5/c1-19-15-22(16-20(2)29(19)41)28-24-9-10-25-27(26(24)17-34(36)32(44)38(3)33(45)35(28,34)37)31(43)40(30(25)42)23-11-13-39(14-12-23)18-21-7-5-4-6-8-21/h4-9,15-16,23,25-28,41H,10-14,17-18H2,1-3H3. The van der Waals surface area contributed by atoms with Gasteiger partial charge in [0, 0.05) is 38.6 Å². The molecule has 1 N–H and O–H groups in total. The molecule has 5 aliphatic rings. The summed E-state index contributed by atoms with van der Waals surface area (Å²) in [6.45, 7) is 5.92. The predicted octanol–water partition coefficient (Wildman–Crippen LogP) is 4.66. The van der Waals surface area contributed by atoms with Crippen LogP contribution in [0.25, 0.3) is 0 Å². The lowest BCUT2D eigenvalue weighted by Gasteiger charge is -2.51. The van der Waals surface area contributed by atoms with Crippen molar-refractivity contribution in [2.75, 3.05) is 20.1 Å². The smallest absolute Gasteiger partial charge is 0.253 e. The molecule has 3 heterocycles. The number of aryl methyl sites for hydroxylation is 2. The highest BCUT2D eigenvalue weighted by Gasteiger charge is 2.76. The van der Waals surface area contributed by atoms with Gasteiger partial charge in [-0.05, 0) is 67.7 Å². The third kappa shape index (κ3) is 4.28. The predicted molar refractivity (Wildman–Crippen MR) is 170 cm³/mol. The number of imide groups is 2. The van der Waals surface area contributed by atoms with Crippen LogP contribution >= 0.6 is 23.2 Å². The van der Waals surface area contributed by atoms with Crippen LogP contribution in [-0.4, -0.2) is 79.4 Å². The lowest BCUT2D eigenvalue weighted by molar-refractivity contribution is -0.144. The van der Waals surface area contributed by atoms with Crippen molar-refractivity contribution >= 4 is 46.8 Å². The average Bonchev–Trinajstić information content (AvgIpc) is 3.35. The number of hydrogen-bond donors (Lipinski definition) is 1. The van der Waals surface area contributed by atoms with E-state index in [4.69, 9.17) is 23.2 Å². The Morgan fingerprint density at radius 3 is 2.20 bits per heavy atom. The summed E-state index contributed by atoms with van der Waals surface area (Å²) >= 11 is 14.6. The fraction of sp³-hybridized carbons (Fsp3) is 0.486. The molecule has 1 saturated carbocycles. The van der Waals surface area contributed by atoms with Crippen LogP contribution in [0, 0.1) is 31.6 Å². The molecule has 8 nitrogen and oxygen atoms in total. The van der Waals surface area contributed by atoms with E-state index in [0.717, 1.165) is 30.1 Å². The molecule has 6 unspecified atom stereocenters. The Morgan fingerprint density at radius 2 is 1.56 bits per heavy atom. The second-order valence-electron chi connectivity index (χ2n) is 13.5. The van der Waals surface area contributed by atoms with Crippen LogP contribution in [0.5, 0.6) is 5.75 Å². The summed E-state index contributed by atoms with van der Waals surface area (Å²) in [7, 11) is 1.39. The zero-order valence-corrected chi connectivity index (χ0v) is 27.1. The molecule has 2 aliphatic carbocycles. The van der Waals surface area contributed by atoms with Gasteiger partial charge in [0.05, 0.1) is 11.8 Å². The summed E-state index contributed by atoms with van der Waals surface area (Å²) in [6.07, 6.45) is 3.69. The summed E-state index contributed by atoms with van der Waals surface area (Å²) < 4.78 is 0. The third-order valence-corrected chi connectivity index (χ3v) is 12.5. The van der Waals surface area contributed by atoms with Gasteiger partial charge in [0.2, 0.25) is 11.8 Å². The Morgan fingerprint density at radius 1 is 0.911 bits per heavy atom. The van der Waals surface area contributed by atoms with Crippen molar-refractivity contribution in [1.29, 1.82) is 0 Å². The van der Waals surface area contributed by atoms with E-state index in [2.05, 4.69) is 17.0 Å². The molecule has 4 fully saturated rings. The average molecular weight is 651 g/mol. The number of allylic oxidation sites excluding steroid dienone is 2. The molecule has 236 valence electrons. The van der Waals surface area contributed by atoms with Crippen molar-refractivity contribution in [3.63, 3.8) is 0 Å². The molecule has 2 aromatic rings. The lowest BCUT2D eigenvalue weighted by Crippen LogP contribution is -2.60. The first-order valence-electron chi connectivity index (χ1n) is 15.7. The number of nitrogens with zero attached hydrogens (tertiary/aromatic N) is 3. The van der Waals surface area contributed by atoms with Crippen LogP contribution in [0.2, 0.25) is 0 Å². The molecule has 0 aromatic heterocycles. The monoisotopic (exact) mass is 649 g/mol. The number of benzene rings is 2. The molecule has 0 spiro atoms. The van der Waals surface area contributed by atoms with Gasteiger partial charge in [0.1, 0.15) is 5.75 Å². The number of piperidine rings is 1. The van der Waals surface area contributed by atoms with E-state index in [1.807, 2.05) is 24.3 Å². The largest absolute Gasteiger partial charge is 0.507 e. The van der Waals surface area contributed by atoms with Gasteiger partial charge in [0.25, 0.3) is 11.8 Å². The summed E-state index contributed by atoms with van der Waals surface area (Å²) in [6, 6.07) is 13.6. The Labute approximate surface area is 272 Å². The Hall–Kier alpha value is -3.20. The molecule has 45 heavy (non-hydrogen) atoms. The van der Waals surface area contributed by atoms with Crippen molar-refractivity contribution in [3.05, 3.63) is 76.4 Å². The van der Waals surface area contributed by atoms with E-state index >= 15 is 0 Å². The van der Waals surface area contributed by atoms with Crippen molar-refractivity contribution < 1.29 is 24.3 Å². The highest BCUT2D eigenvalue weighted by Crippen LogP contribution is 2.65. The summed E-state index contributed by atoms with van der Waals surface area (Å²) in [5.74, 6) is -4.03. The van der Waals surface area contributed by atoms with Crippen LogP contribution in [0.1, 0.15) is 53.9 Å². The van der Waals surface area contributed by atoms with Crippen LogP contribution in [-0.2, 0) is 25.7 Å². The number of fused-ring (bicyclic) bond motifs is 4. The molecule has 3 aliphatic heterocycles. The normalized spacial score (nSPS) is 33.8. The third-order valence-electron chi connectivity index (χ3n) is 11.1. The van der Waals surface area contributed by atoms with E-state index in [9.17, 15) is 24.3 Å². The molecule has 7 rings (SSSR count). The van der Waals surface area contributed by atoms with Crippen LogP contribution in [0.15, 0.2) is 54.1 Å². The van der Waals surface area contributed by atoms with Gasteiger partial charge >= 0.3 is 0 Å². The number of carbonyl (C=O) groups excluding carboxylic acids is 4. The van der Waals surface area contributed by atoms with Crippen LogP contribution in [0.3, 0.4) is 0 Å². The first kappa shape index (κ1) is 30.5.